The highest BCUT2D eigenvalue weighted by Crippen LogP contribution is 2.33. The van der Waals surface area contributed by atoms with Crippen LogP contribution in [0.15, 0.2) is 66.3 Å². The molecule has 37 heavy (non-hydrogen) atoms. The number of allylic oxidation sites excluding steroid dienone is 4. The second-order valence-corrected chi connectivity index (χ2v) is 10.6. The highest BCUT2D eigenvalue weighted by Gasteiger charge is 2.38. The number of urea groups is 1. The average Bonchev–Trinajstić information content (AvgIpc) is 3.52. The number of H-pyrrole nitrogens is 1. The smallest absolute Gasteiger partial charge is 0.317 e. The molecule has 0 saturated carbocycles. The van der Waals surface area contributed by atoms with Crippen molar-refractivity contribution in [1.82, 2.24) is 25.3 Å². The number of hydrogen-bond donors (Lipinski definition) is 2. The number of aromatic nitrogens is 2. The topological polar surface area (TPSA) is 76.6 Å². The Kier molecular flexibility index (Phi) is 7.70. The van der Waals surface area contributed by atoms with Crippen LogP contribution in [0, 0.1) is 11.8 Å². The first kappa shape index (κ1) is 25.2. The number of amides is 2. The summed E-state index contributed by atoms with van der Waals surface area (Å²) in [5, 5.41) is 11.3. The third-order valence-corrected chi connectivity index (χ3v) is 7.98. The van der Waals surface area contributed by atoms with Gasteiger partial charge in [-0.1, -0.05) is 55.1 Å². The fourth-order valence-corrected chi connectivity index (χ4v) is 6.02. The number of carbonyl (C=O) groups is 1. The van der Waals surface area contributed by atoms with Crippen molar-refractivity contribution < 1.29 is 4.79 Å². The molecule has 194 valence electrons. The summed E-state index contributed by atoms with van der Waals surface area (Å²) in [7, 11) is 2.14. The number of aliphatic imine (C=N–C) groups is 1. The molecule has 1 aromatic carbocycles. The van der Waals surface area contributed by atoms with Gasteiger partial charge in [0.1, 0.15) is 0 Å². The third-order valence-electron chi connectivity index (χ3n) is 7.98. The predicted molar refractivity (Wildman–Crippen MR) is 149 cm³/mol. The number of nitrogens with one attached hydrogen (secondary N) is 2. The van der Waals surface area contributed by atoms with Crippen molar-refractivity contribution in [2.75, 3.05) is 26.7 Å². The van der Waals surface area contributed by atoms with Crippen LogP contribution in [0.25, 0.3) is 5.57 Å². The van der Waals surface area contributed by atoms with Gasteiger partial charge in [-0.25, -0.2) is 4.79 Å². The number of carbonyl (C=O) groups excluding carboxylic acids is 1. The lowest BCUT2D eigenvalue weighted by Crippen LogP contribution is -2.50. The summed E-state index contributed by atoms with van der Waals surface area (Å²) in [6.07, 6.45) is 12.8. The summed E-state index contributed by atoms with van der Waals surface area (Å²) in [6.45, 7) is 9.56. The SMILES string of the molecule is C=C(CC(C=CC)C1CN(C)CC1NC(=O)N1CCc2[nH]nc(C3C=CN=CC3)c2C1)c1ccccc1. The number of rotatable bonds is 7. The zero-order chi connectivity index (χ0) is 25.8. The minimum absolute atomic E-state index is 0.0185. The molecular weight excluding hydrogens is 460 g/mol. The highest BCUT2D eigenvalue weighted by molar-refractivity contribution is 5.75. The quantitative estimate of drug-likeness (QED) is 0.540. The molecule has 7 nitrogen and oxygen atoms in total. The lowest BCUT2D eigenvalue weighted by Gasteiger charge is -2.32. The van der Waals surface area contributed by atoms with Crippen LogP contribution in [0.3, 0.4) is 0 Å². The Morgan fingerprint density at radius 3 is 2.89 bits per heavy atom. The summed E-state index contributed by atoms with van der Waals surface area (Å²) in [5.41, 5.74) is 5.68. The van der Waals surface area contributed by atoms with E-state index < -0.39 is 0 Å². The van der Waals surface area contributed by atoms with Gasteiger partial charge >= 0.3 is 6.03 Å². The Hall–Kier alpha value is -3.45. The van der Waals surface area contributed by atoms with Gasteiger partial charge in [-0.05, 0) is 49.8 Å². The van der Waals surface area contributed by atoms with E-state index in [-0.39, 0.29) is 18.0 Å². The molecule has 1 fully saturated rings. The maximum Gasteiger partial charge on any atom is 0.317 e. The summed E-state index contributed by atoms with van der Waals surface area (Å²) in [5.74, 6) is 0.843. The summed E-state index contributed by atoms with van der Waals surface area (Å²) in [4.78, 5) is 22.0. The molecule has 1 aromatic heterocycles. The van der Waals surface area contributed by atoms with Crippen molar-refractivity contribution in [3.8, 4) is 0 Å². The van der Waals surface area contributed by atoms with Crippen LogP contribution in [0.1, 0.15) is 48.2 Å². The number of likely N-dealkylation sites (N-methyl/N-ethyl adjacent to an activating group) is 1. The summed E-state index contributed by atoms with van der Waals surface area (Å²) in [6, 6.07) is 10.5. The number of aromatic amines is 1. The van der Waals surface area contributed by atoms with Gasteiger partial charge in [-0.3, -0.25) is 10.1 Å². The van der Waals surface area contributed by atoms with Crippen LogP contribution in [-0.4, -0.2) is 65.0 Å². The molecule has 4 unspecified atom stereocenters. The number of benzene rings is 1. The van der Waals surface area contributed by atoms with E-state index in [1.165, 1.54) is 5.56 Å². The van der Waals surface area contributed by atoms with Crippen LogP contribution in [0.5, 0.6) is 0 Å². The van der Waals surface area contributed by atoms with Gasteiger partial charge in [-0.2, -0.15) is 5.10 Å². The van der Waals surface area contributed by atoms with Crippen molar-refractivity contribution in [2.45, 2.75) is 44.7 Å². The maximum absolute atomic E-state index is 13.5. The van der Waals surface area contributed by atoms with E-state index in [1.54, 1.807) is 0 Å². The van der Waals surface area contributed by atoms with Gasteiger partial charge < -0.3 is 15.1 Å². The first-order chi connectivity index (χ1) is 18.0. The lowest BCUT2D eigenvalue weighted by molar-refractivity contribution is 0.183. The molecule has 7 heteroatoms. The van der Waals surface area contributed by atoms with E-state index >= 15 is 0 Å². The normalized spacial score (nSPS) is 24.4. The van der Waals surface area contributed by atoms with Gasteiger partial charge in [0.25, 0.3) is 0 Å². The molecule has 0 bridgehead atoms. The largest absolute Gasteiger partial charge is 0.334 e. The maximum atomic E-state index is 13.5. The van der Waals surface area contributed by atoms with Gasteiger partial charge in [0.2, 0.25) is 0 Å². The monoisotopic (exact) mass is 498 g/mol. The van der Waals surface area contributed by atoms with Crippen molar-refractivity contribution in [3.05, 3.63) is 83.9 Å². The first-order valence-electron chi connectivity index (χ1n) is 13.4. The minimum Gasteiger partial charge on any atom is -0.334 e. The molecule has 3 aliphatic rings. The van der Waals surface area contributed by atoms with Crippen molar-refractivity contribution >= 4 is 17.8 Å². The van der Waals surface area contributed by atoms with Crippen LogP contribution in [0.2, 0.25) is 0 Å². The number of hydrogen-bond acceptors (Lipinski definition) is 4. The second kappa shape index (κ2) is 11.3. The van der Waals surface area contributed by atoms with Gasteiger partial charge in [0, 0.05) is 61.7 Å². The van der Waals surface area contributed by atoms with E-state index in [4.69, 9.17) is 0 Å². The molecule has 3 aliphatic heterocycles. The molecule has 2 amide bonds. The zero-order valence-corrected chi connectivity index (χ0v) is 21.9. The lowest BCUT2D eigenvalue weighted by atomic mass is 9.82. The summed E-state index contributed by atoms with van der Waals surface area (Å²) >= 11 is 0. The molecule has 0 radical (unpaired) electrons. The van der Waals surface area contributed by atoms with E-state index in [1.807, 2.05) is 23.4 Å². The number of nitrogens with zero attached hydrogens (tertiary/aromatic N) is 4. The fraction of sp³-hybridized carbons (Fsp3) is 0.433. The third kappa shape index (κ3) is 5.62. The van der Waals surface area contributed by atoms with Crippen molar-refractivity contribution in [1.29, 1.82) is 0 Å². The Morgan fingerprint density at radius 2 is 2.14 bits per heavy atom. The molecule has 0 spiro atoms. The van der Waals surface area contributed by atoms with Gasteiger partial charge in [-0.15, -0.1) is 0 Å². The van der Waals surface area contributed by atoms with Crippen LogP contribution in [0.4, 0.5) is 4.79 Å². The Morgan fingerprint density at radius 1 is 1.30 bits per heavy atom. The standard InChI is InChI=1S/C30H38N6O/c1-4-8-24(17-21(2)22-9-6-5-7-10-22)25-18-35(3)20-28(25)32-30(37)36-16-13-27-26(19-36)29(34-33-27)23-11-14-31-15-12-23/h4-11,14-15,23-25,28H,2,12-13,16-20H2,1,3H3,(H,32,37)(H,33,34). The van der Waals surface area contributed by atoms with Crippen LogP contribution < -0.4 is 5.32 Å². The Balaban J connectivity index is 1.27. The van der Waals surface area contributed by atoms with Gasteiger partial charge in [0.15, 0.2) is 0 Å². The molecule has 2 aromatic rings. The average molecular weight is 499 g/mol. The first-order valence-corrected chi connectivity index (χ1v) is 13.4. The highest BCUT2D eigenvalue weighted by atomic mass is 16.2. The second-order valence-electron chi connectivity index (χ2n) is 10.6. The Labute approximate surface area is 220 Å². The zero-order valence-electron chi connectivity index (χ0n) is 21.9. The van der Waals surface area contributed by atoms with E-state index in [0.717, 1.165) is 54.9 Å². The van der Waals surface area contributed by atoms with Gasteiger partial charge in [0.05, 0.1) is 12.2 Å². The molecule has 2 N–H and O–H groups in total. The predicted octanol–water partition coefficient (Wildman–Crippen LogP) is 4.78. The number of likely N-dealkylation sites (tertiary alicyclic amines) is 1. The van der Waals surface area contributed by atoms with E-state index in [2.05, 4.69) is 88.5 Å². The molecule has 4 heterocycles. The van der Waals surface area contributed by atoms with Crippen molar-refractivity contribution in [3.63, 3.8) is 0 Å². The summed E-state index contributed by atoms with van der Waals surface area (Å²) < 4.78 is 0. The Bertz CT molecular complexity index is 1200. The van der Waals surface area contributed by atoms with E-state index in [9.17, 15) is 4.79 Å². The molecular formula is C30H38N6O. The van der Waals surface area contributed by atoms with Crippen LogP contribution >= 0.6 is 0 Å². The number of fused-ring (bicyclic) bond motifs is 1. The molecule has 1 saturated heterocycles. The minimum atomic E-state index is 0.0185. The fourth-order valence-electron chi connectivity index (χ4n) is 6.02. The van der Waals surface area contributed by atoms with Crippen LogP contribution in [-0.2, 0) is 13.0 Å². The molecule has 0 aliphatic carbocycles. The molecule has 5 rings (SSSR count). The van der Waals surface area contributed by atoms with E-state index in [0.29, 0.717) is 24.9 Å². The molecule has 4 atom stereocenters. The van der Waals surface area contributed by atoms with Crippen molar-refractivity contribution in [2.24, 2.45) is 16.8 Å².